The molecule has 1 aromatic carbocycles. The molecule has 104 valence electrons. The van der Waals surface area contributed by atoms with Crippen molar-refractivity contribution in [3.8, 4) is 0 Å². The number of amides is 1. The van der Waals surface area contributed by atoms with Gasteiger partial charge in [0.05, 0.1) is 12.1 Å². The number of hydrogen-bond acceptors (Lipinski definition) is 4. The van der Waals surface area contributed by atoms with Gasteiger partial charge in [0.15, 0.2) is 5.13 Å². The van der Waals surface area contributed by atoms with Crippen molar-refractivity contribution in [2.75, 3.05) is 18.4 Å². The maximum absolute atomic E-state index is 12.1. The number of nitrogens with one attached hydrogen (secondary N) is 1. The van der Waals surface area contributed by atoms with E-state index in [1.807, 2.05) is 40.6 Å². The second-order valence-corrected chi connectivity index (χ2v) is 5.76. The van der Waals surface area contributed by atoms with Gasteiger partial charge in [0.2, 0.25) is 5.91 Å². The predicted octanol–water partition coefficient (Wildman–Crippen LogP) is 3.05. The quantitative estimate of drug-likeness (QED) is 0.940. The van der Waals surface area contributed by atoms with E-state index in [2.05, 4.69) is 10.3 Å². The van der Waals surface area contributed by atoms with E-state index in [0.29, 0.717) is 6.42 Å². The largest absolute Gasteiger partial charge is 0.342 e. The van der Waals surface area contributed by atoms with Crippen molar-refractivity contribution >= 4 is 28.1 Å². The highest BCUT2D eigenvalue weighted by molar-refractivity contribution is 7.13. The second kappa shape index (κ2) is 6.05. The van der Waals surface area contributed by atoms with Crippen LogP contribution in [0.1, 0.15) is 18.5 Å². The standard InChI is InChI=1S/C15H17N3OS/c19-14(18-8-4-5-9-18)10-13-11-20-15(17-13)16-12-6-2-1-3-7-12/h1-3,6-7,11H,4-5,8-10H2,(H,16,17). The maximum Gasteiger partial charge on any atom is 0.228 e. The van der Waals surface area contributed by atoms with E-state index in [4.69, 9.17) is 0 Å². The number of likely N-dealkylation sites (tertiary alicyclic amines) is 1. The molecule has 0 atom stereocenters. The molecule has 0 bridgehead atoms. The highest BCUT2D eigenvalue weighted by atomic mass is 32.1. The van der Waals surface area contributed by atoms with E-state index in [9.17, 15) is 4.79 Å². The topological polar surface area (TPSA) is 45.2 Å². The number of hydrogen-bond donors (Lipinski definition) is 1. The van der Waals surface area contributed by atoms with Gasteiger partial charge < -0.3 is 10.2 Å². The lowest BCUT2D eigenvalue weighted by molar-refractivity contribution is -0.129. The minimum Gasteiger partial charge on any atom is -0.342 e. The van der Waals surface area contributed by atoms with Gasteiger partial charge in [0.25, 0.3) is 0 Å². The van der Waals surface area contributed by atoms with E-state index in [1.165, 1.54) is 11.3 Å². The molecular formula is C15H17N3OS. The molecule has 20 heavy (non-hydrogen) atoms. The molecule has 1 N–H and O–H groups in total. The van der Waals surface area contributed by atoms with Crippen molar-refractivity contribution in [2.24, 2.45) is 0 Å². The molecule has 2 heterocycles. The fourth-order valence-electron chi connectivity index (χ4n) is 2.32. The van der Waals surface area contributed by atoms with Gasteiger partial charge in [0, 0.05) is 24.2 Å². The Morgan fingerprint density at radius 3 is 2.75 bits per heavy atom. The van der Waals surface area contributed by atoms with E-state index >= 15 is 0 Å². The van der Waals surface area contributed by atoms with Gasteiger partial charge in [0.1, 0.15) is 0 Å². The number of rotatable bonds is 4. The fraction of sp³-hybridized carbons (Fsp3) is 0.333. The van der Waals surface area contributed by atoms with E-state index in [1.54, 1.807) is 0 Å². The Labute approximate surface area is 122 Å². The minimum atomic E-state index is 0.194. The Morgan fingerprint density at radius 1 is 1.25 bits per heavy atom. The highest BCUT2D eigenvalue weighted by Gasteiger charge is 2.18. The van der Waals surface area contributed by atoms with E-state index in [-0.39, 0.29) is 5.91 Å². The summed E-state index contributed by atoms with van der Waals surface area (Å²) >= 11 is 1.54. The molecule has 1 aliphatic rings. The summed E-state index contributed by atoms with van der Waals surface area (Å²) in [6, 6.07) is 9.93. The smallest absolute Gasteiger partial charge is 0.228 e. The zero-order valence-corrected chi connectivity index (χ0v) is 12.0. The van der Waals surface area contributed by atoms with Gasteiger partial charge in [-0.1, -0.05) is 18.2 Å². The van der Waals surface area contributed by atoms with Crippen LogP contribution in [0.25, 0.3) is 0 Å². The third kappa shape index (κ3) is 3.17. The first-order valence-electron chi connectivity index (χ1n) is 6.85. The van der Waals surface area contributed by atoms with Crippen LogP contribution in [-0.2, 0) is 11.2 Å². The number of nitrogens with zero attached hydrogens (tertiary/aromatic N) is 2. The summed E-state index contributed by atoms with van der Waals surface area (Å²) in [7, 11) is 0. The number of thiazole rings is 1. The lowest BCUT2D eigenvalue weighted by atomic mass is 10.3. The first-order chi connectivity index (χ1) is 9.81. The van der Waals surface area contributed by atoms with Crippen molar-refractivity contribution in [1.82, 2.24) is 9.88 Å². The molecule has 0 spiro atoms. The van der Waals surface area contributed by atoms with Crippen molar-refractivity contribution in [1.29, 1.82) is 0 Å². The van der Waals surface area contributed by atoms with Crippen molar-refractivity contribution in [3.63, 3.8) is 0 Å². The van der Waals surface area contributed by atoms with Gasteiger partial charge in [-0.2, -0.15) is 0 Å². The predicted molar refractivity (Wildman–Crippen MR) is 81.4 cm³/mol. The summed E-state index contributed by atoms with van der Waals surface area (Å²) in [5.74, 6) is 0.194. The summed E-state index contributed by atoms with van der Waals surface area (Å²) in [4.78, 5) is 18.5. The Hall–Kier alpha value is -1.88. The van der Waals surface area contributed by atoms with Gasteiger partial charge in [-0.25, -0.2) is 4.98 Å². The molecule has 0 aliphatic carbocycles. The lowest BCUT2D eigenvalue weighted by Crippen LogP contribution is -2.29. The maximum atomic E-state index is 12.1. The van der Waals surface area contributed by atoms with E-state index in [0.717, 1.165) is 42.4 Å². The monoisotopic (exact) mass is 287 g/mol. The van der Waals surface area contributed by atoms with Crippen LogP contribution in [0.15, 0.2) is 35.7 Å². The number of aromatic nitrogens is 1. The van der Waals surface area contributed by atoms with Gasteiger partial charge in [-0.3, -0.25) is 4.79 Å². The van der Waals surface area contributed by atoms with Crippen LogP contribution < -0.4 is 5.32 Å². The van der Waals surface area contributed by atoms with Gasteiger partial charge in [-0.15, -0.1) is 11.3 Å². The molecule has 1 saturated heterocycles. The molecule has 1 aromatic heterocycles. The Balaban J connectivity index is 1.60. The molecule has 0 saturated carbocycles. The Bertz CT molecular complexity index is 576. The third-order valence-electron chi connectivity index (χ3n) is 3.37. The third-order valence-corrected chi connectivity index (χ3v) is 4.17. The van der Waals surface area contributed by atoms with Crippen LogP contribution in [0.5, 0.6) is 0 Å². The average molecular weight is 287 g/mol. The summed E-state index contributed by atoms with van der Waals surface area (Å²) in [5, 5.41) is 6.04. The first kappa shape index (κ1) is 13.1. The normalized spacial score (nSPS) is 14.5. The summed E-state index contributed by atoms with van der Waals surface area (Å²) in [6.45, 7) is 1.80. The summed E-state index contributed by atoms with van der Waals surface area (Å²) < 4.78 is 0. The molecule has 4 nitrogen and oxygen atoms in total. The zero-order chi connectivity index (χ0) is 13.8. The molecule has 5 heteroatoms. The van der Waals surface area contributed by atoms with Crippen LogP contribution in [0.4, 0.5) is 10.8 Å². The molecular weight excluding hydrogens is 270 g/mol. The molecule has 1 amide bonds. The van der Waals surface area contributed by atoms with Crippen LogP contribution in [-0.4, -0.2) is 28.9 Å². The molecule has 0 unspecified atom stereocenters. The van der Waals surface area contributed by atoms with E-state index < -0.39 is 0 Å². The van der Waals surface area contributed by atoms with Gasteiger partial charge in [-0.05, 0) is 25.0 Å². The molecule has 0 radical (unpaired) electrons. The van der Waals surface area contributed by atoms with Gasteiger partial charge >= 0.3 is 0 Å². The highest BCUT2D eigenvalue weighted by Crippen LogP contribution is 2.21. The number of anilines is 2. The van der Waals surface area contributed by atoms with Crippen LogP contribution in [0.2, 0.25) is 0 Å². The lowest BCUT2D eigenvalue weighted by Gasteiger charge is -2.13. The average Bonchev–Trinajstić information content (AvgIpc) is 3.11. The summed E-state index contributed by atoms with van der Waals surface area (Å²) in [6.07, 6.45) is 2.67. The van der Waals surface area contributed by atoms with Crippen LogP contribution >= 0.6 is 11.3 Å². The molecule has 1 aliphatic heterocycles. The van der Waals surface area contributed by atoms with Crippen LogP contribution in [0.3, 0.4) is 0 Å². The molecule has 3 rings (SSSR count). The zero-order valence-electron chi connectivity index (χ0n) is 11.2. The number of benzene rings is 1. The number of carbonyl (C=O) groups is 1. The first-order valence-corrected chi connectivity index (χ1v) is 7.73. The van der Waals surface area contributed by atoms with Crippen molar-refractivity contribution < 1.29 is 4.79 Å². The van der Waals surface area contributed by atoms with Crippen molar-refractivity contribution in [3.05, 3.63) is 41.4 Å². The SMILES string of the molecule is O=C(Cc1csc(Nc2ccccc2)n1)N1CCCC1. The number of carbonyl (C=O) groups excluding carboxylic acids is 1. The molecule has 2 aromatic rings. The van der Waals surface area contributed by atoms with Crippen LogP contribution in [0, 0.1) is 0 Å². The summed E-state index contributed by atoms with van der Waals surface area (Å²) in [5.41, 5.74) is 1.87. The Kier molecular flexibility index (Phi) is 3.97. The fourth-order valence-corrected chi connectivity index (χ4v) is 3.05. The second-order valence-electron chi connectivity index (χ2n) is 4.90. The minimum absolute atomic E-state index is 0.194. The van der Waals surface area contributed by atoms with Crippen molar-refractivity contribution in [2.45, 2.75) is 19.3 Å². The Morgan fingerprint density at radius 2 is 2.00 bits per heavy atom. The number of para-hydroxylation sites is 1. The molecule has 1 fully saturated rings.